The third kappa shape index (κ3) is 3.41. The number of rotatable bonds is 5. The van der Waals surface area contributed by atoms with Crippen molar-refractivity contribution in [2.45, 2.75) is 51.5 Å². The Hall–Kier alpha value is -1.61. The number of amides is 1. The van der Waals surface area contributed by atoms with Crippen LogP contribution in [0.2, 0.25) is 0 Å². The molecule has 1 N–H and O–H groups in total. The predicted octanol–water partition coefficient (Wildman–Crippen LogP) is 4.38. The largest absolute Gasteiger partial charge is 0.349 e. The molecule has 1 aliphatic carbocycles. The number of carbonyl (C=O) groups excluding carboxylic acids is 1. The minimum Gasteiger partial charge on any atom is -0.349 e. The van der Waals surface area contributed by atoms with Crippen molar-refractivity contribution < 1.29 is 4.79 Å². The number of hydrogen-bond acceptors (Lipinski definition) is 2. The Balaban J connectivity index is 1.68. The molecular weight excluding hydrogens is 290 g/mol. The molecule has 3 heteroatoms. The maximum absolute atomic E-state index is 12.6. The first kappa shape index (κ1) is 15.3. The average molecular weight is 313 g/mol. The van der Waals surface area contributed by atoms with E-state index in [2.05, 4.69) is 41.9 Å². The first-order valence-electron chi connectivity index (χ1n) is 8.22. The second-order valence-corrected chi connectivity index (χ2v) is 6.99. The summed E-state index contributed by atoms with van der Waals surface area (Å²) < 4.78 is 0. The van der Waals surface area contributed by atoms with Gasteiger partial charge in [-0.2, -0.15) is 0 Å². The molecule has 3 rings (SSSR count). The van der Waals surface area contributed by atoms with E-state index in [4.69, 9.17) is 0 Å². The lowest BCUT2D eigenvalue weighted by molar-refractivity contribution is 0.0935. The van der Waals surface area contributed by atoms with Gasteiger partial charge in [0.2, 0.25) is 0 Å². The second kappa shape index (κ2) is 7.10. The second-order valence-electron chi connectivity index (χ2n) is 6.03. The number of hydrogen-bond donors (Lipinski definition) is 1. The Morgan fingerprint density at radius 1 is 1.23 bits per heavy atom. The molecule has 0 fully saturated rings. The van der Waals surface area contributed by atoms with Gasteiger partial charge >= 0.3 is 0 Å². The van der Waals surface area contributed by atoms with E-state index in [-0.39, 0.29) is 11.9 Å². The third-order valence-electron chi connectivity index (χ3n) is 4.46. The van der Waals surface area contributed by atoms with Crippen LogP contribution in [0.1, 0.15) is 52.5 Å². The van der Waals surface area contributed by atoms with Crippen molar-refractivity contribution in [2.24, 2.45) is 0 Å². The zero-order valence-electron chi connectivity index (χ0n) is 13.1. The Morgan fingerprint density at radius 2 is 2.00 bits per heavy atom. The van der Waals surface area contributed by atoms with Crippen LogP contribution >= 0.6 is 11.3 Å². The van der Waals surface area contributed by atoms with E-state index in [0.717, 1.165) is 31.2 Å². The number of nitrogens with one attached hydrogen (secondary N) is 1. The smallest absolute Gasteiger partial charge is 0.252 e. The van der Waals surface area contributed by atoms with Gasteiger partial charge in [-0.1, -0.05) is 37.3 Å². The lowest BCUT2D eigenvalue weighted by Gasteiger charge is -2.18. The van der Waals surface area contributed by atoms with Gasteiger partial charge in [0.25, 0.3) is 5.91 Å². The summed E-state index contributed by atoms with van der Waals surface area (Å²) in [7, 11) is 0. The van der Waals surface area contributed by atoms with Gasteiger partial charge in [0.15, 0.2) is 0 Å². The Kier molecular flexibility index (Phi) is 4.94. The molecule has 1 atom stereocenters. The molecule has 2 aromatic rings. The lowest BCUT2D eigenvalue weighted by atomic mass is 9.95. The number of carbonyl (C=O) groups is 1. The summed E-state index contributed by atoms with van der Waals surface area (Å²) in [5, 5.41) is 5.29. The van der Waals surface area contributed by atoms with E-state index in [0.29, 0.717) is 0 Å². The van der Waals surface area contributed by atoms with Crippen LogP contribution in [-0.2, 0) is 19.3 Å². The molecule has 1 aromatic heterocycles. The number of aryl methyl sites for hydroxylation is 1. The van der Waals surface area contributed by atoms with E-state index in [1.807, 2.05) is 6.07 Å². The van der Waals surface area contributed by atoms with Crippen LogP contribution in [0.15, 0.2) is 35.7 Å². The van der Waals surface area contributed by atoms with E-state index >= 15 is 0 Å². The number of benzene rings is 1. The highest BCUT2D eigenvalue weighted by Gasteiger charge is 2.21. The van der Waals surface area contributed by atoms with Crippen molar-refractivity contribution in [2.75, 3.05) is 0 Å². The van der Waals surface area contributed by atoms with Gasteiger partial charge in [-0.3, -0.25) is 4.79 Å². The SMILES string of the molecule is CC[C@H](Cc1ccccc1)NC(=O)c1csc2c1CCCC2. The normalized spacial score (nSPS) is 15.1. The van der Waals surface area contributed by atoms with Crippen LogP contribution in [0.5, 0.6) is 0 Å². The molecular formula is C19H23NOS. The molecule has 0 saturated carbocycles. The summed E-state index contributed by atoms with van der Waals surface area (Å²) in [6.07, 6.45) is 6.54. The molecule has 0 saturated heterocycles. The van der Waals surface area contributed by atoms with Crippen molar-refractivity contribution in [1.29, 1.82) is 0 Å². The van der Waals surface area contributed by atoms with E-state index in [1.165, 1.54) is 28.8 Å². The topological polar surface area (TPSA) is 29.1 Å². The van der Waals surface area contributed by atoms with Gasteiger partial charge in [0.05, 0.1) is 5.56 Å². The van der Waals surface area contributed by atoms with E-state index in [1.54, 1.807) is 11.3 Å². The molecule has 0 bridgehead atoms. The first-order chi connectivity index (χ1) is 10.8. The Morgan fingerprint density at radius 3 is 2.77 bits per heavy atom. The molecule has 1 heterocycles. The monoisotopic (exact) mass is 313 g/mol. The van der Waals surface area contributed by atoms with Crippen LogP contribution in [-0.4, -0.2) is 11.9 Å². The van der Waals surface area contributed by atoms with Crippen molar-refractivity contribution in [3.05, 3.63) is 57.3 Å². The molecule has 22 heavy (non-hydrogen) atoms. The number of thiophene rings is 1. The lowest BCUT2D eigenvalue weighted by Crippen LogP contribution is -2.36. The quantitative estimate of drug-likeness (QED) is 0.872. The summed E-state index contributed by atoms with van der Waals surface area (Å²) in [6.45, 7) is 2.14. The van der Waals surface area contributed by atoms with Crippen molar-refractivity contribution in [1.82, 2.24) is 5.32 Å². The summed E-state index contributed by atoms with van der Waals surface area (Å²) >= 11 is 1.76. The highest BCUT2D eigenvalue weighted by Crippen LogP contribution is 2.30. The van der Waals surface area contributed by atoms with Gasteiger partial charge in [-0.05, 0) is 49.7 Å². The van der Waals surface area contributed by atoms with Crippen molar-refractivity contribution >= 4 is 17.2 Å². The number of fused-ring (bicyclic) bond motifs is 1. The van der Waals surface area contributed by atoms with E-state index < -0.39 is 0 Å². The molecule has 0 radical (unpaired) electrons. The zero-order chi connectivity index (χ0) is 15.4. The average Bonchev–Trinajstić information content (AvgIpc) is 2.99. The fraction of sp³-hybridized carbons (Fsp3) is 0.421. The maximum atomic E-state index is 12.6. The van der Waals surface area contributed by atoms with E-state index in [9.17, 15) is 4.79 Å². The summed E-state index contributed by atoms with van der Waals surface area (Å²) in [5.41, 5.74) is 3.51. The molecule has 1 amide bonds. The van der Waals surface area contributed by atoms with Gasteiger partial charge in [-0.25, -0.2) is 0 Å². The minimum absolute atomic E-state index is 0.113. The summed E-state index contributed by atoms with van der Waals surface area (Å²) in [6, 6.07) is 10.6. The highest BCUT2D eigenvalue weighted by atomic mass is 32.1. The third-order valence-corrected chi connectivity index (χ3v) is 5.55. The highest BCUT2D eigenvalue weighted by molar-refractivity contribution is 7.10. The molecule has 1 aromatic carbocycles. The van der Waals surface area contributed by atoms with Crippen molar-refractivity contribution in [3.63, 3.8) is 0 Å². The molecule has 2 nitrogen and oxygen atoms in total. The summed E-state index contributed by atoms with van der Waals surface area (Å²) in [5.74, 6) is 0.113. The fourth-order valence-corrected chi connectivity index (χ4v) is 4.27. The minimum atomic E-state index is 0.113. The zero-order valence-corrected chi connectivity index (χ0v) is 13.9. The van der Waals surface area contributed by atoms with Gasteiger partial charge in [0, 0.05) is 16.3 Å². The van der Waals surface area contributed by atoms with Gasteiger partial charge in [-0.15, -0.1) is 11.3 Å². The Bertz CT molecular complexity index is 632. The molecule has 1 aliphatic rings. The Labute approximate surface area is 136 Å². The first-order valence-corrected chi connectivity index (χ1v) is 9.10. The van der Waals surface area contributed by atoms with Crippen LogP contribution in [0, 0.1) is 0 Å². The van der Waals surface area contributed by atoms with Crippen LogP contribution in [0.3, 0.4) is 0 Å². The van der Waals surface area contributed by atoms with Gasteiger partial charge in [0.1, 0.15) is 0 Å². The molecule has 0 aliphatic heterocycles. The van der Waals surface area contributed by atoms with Crippen LogP contribution < -0.4 is 5.32 Å². The standard InChI is InChI=1S/C19H23NOS/c1-2-15(12-14-8-4-3-5-9-14)20-19(21)17-13-22-18-11-7-6-10-16(17)18/h3-5,8-9,13,15H,2,6-7,10-12H2,1H3,(H,20,21)/t15-/m1/s1. The predicted molar refractivity (Wildman–Crippen MR) is 92.7 cm³/mol. The molecule has 0 unspecified atom stereocenters. The van der Waals surface area contributed by atoms with Crippen molar-refractivity contribution in [3.8, 4) is 0 Å². The molecule has 116 valence electrons. The van der Waals surface area contributed by atoms with Crippen LogP contribution in [0.4, 0.5) is 0 Å². The van der Waals surface area contributed by atoms with Crippen LogP contribution in [0.25, 0.3) is 0 Å². The van der Waals surface area contributed by atoms with Gasteiger partial charge < -0.3 is 5.32 Å². The fourth-order valence-electron chi connectivity index (χ4n) is 3.14. The maximum Gasteiger partial charge on any atom is 0.252 e. The molecule has 0 spiro atoms. The summed E-state index contributed by atoms with van der Waals surface area (Å²) in [4.78, 5) is 14.1.